The van der Waals surface area contributed by atoms with Gasteiger partial charge < -0.3 is 4.74 Å². The molecule has 0 radical (unpaired) electrons. The second kappa shape index (κ2) is 4.38. The van der Waals surface area contributed by atoms with Crippen LogP contribution in [-0.2, 0) is 10.7 Å². The molecule has 4 heteroatoms. The van der Waals surface area contributed by atoms with Crippen LogP contribution in [0.5, 0.6) is 0 Å². The lowest BCUT2D eigenvalue weighted by molar-refractivity contribution is 0.0173. The molecule has 0 aliphatic rings. The highest BCUT2D eigenvalue weighted by atomic mass is 19.3. The molecule has 0 saturated carbocycles. The molecule has 0 bridgehead atoms. The smallest absolute Gasteiger partial charge is 0.338 e. The van der Waals surface area contributed by atoms with Crippen molar-refractivity contribution in [1.29, 1.82) is 0 Å². The van der Waals surface area contributed by atoms with Gasteiger partial charge in [0.25, 0.3) is 5.92 Å². The van der Waals surface area contributed by atoms with Gasteiger partial charge in [-0.25, -0.2) is 13.6 Å². The average Bonchev–Trinajstić information content (AvgIpc) is 2.17. The fourth-order valence-corrected chi connectivity index (χ4v) is 1.13. The average molecular weight is 214 g/mol. The van der Waals surface area contributed by atoms with Crippen molar-refractivity contribution in [3.63, 3.8) is 0 Å². The van der Waals surface area contributed by atoms with Gasteiger partial charge >= 0.3 is 5.97 Å². The molecule has 0 unspecified atom stereocenters. The molecule has 0 spiro atoms. The first-order chi connectivity index (χ1) is 6.95. The first-order valence-corrected chi connectivity index (χ1v) is 4.60. The van der Waals surface area contributed by atoms with E-state index in [2.05, 4.69) is 0 Å². The van der Waals surface area contributed by atoms with E-state index in [1.54, 1.807) is 6.92 Å². The van der Waals surface area contributed by atoms with Gasteiger partial charge in [-0.2, -0.15) is 0 Å². The van der Waals surface area contributed by atoms with E-state index in [9.17, 15) is 13.6 Å². The molecule has 0 amide bonds. The zero-order chi connectivity index (χ0) is 11.5. The van der Waals surface area contributed by atoms with Crippen molar-refractivity contribution in [2.45, 2.75) is 19.8 Å². The minimum atomic E-state index is -2.94. The summed E-state index contributed by atoms with van der Waals surface area (Å²) in [4.78, 5) is 11.3. The van der Waals surface area contributed by atoms with E-state index in [0.717, 1.165) is 13.0 Å². The quantitative estimate of drug-likeness (QED) is 0.723. The van der Waals surface area contributed by atoms with E-state index in [1.165, 1.54) is 18.2 Å². The third-order valence-electron chi connectivity index (χ3n) is 1.88. The number of hydrogen-bond donors (Lipinski definition) is 0. The van der Waals surface area contributed by atoms with Gasteiger partial charge in [0.1, 0.15) is 0 Å². The van der Waals surface area contributed by atoms with Gasteiger partial charge in [-0.3, -0.25) is 0 Å². The Morgan fingerprint density at radius 2 is 2.13 bits per heavy atom. The summed E-state index contributed by atoms with van der Waals surface area (Å²) in [5.41, 5.74) is -0.0380. The van der Waals surface area contributed by atoms with Crippen LogP contribution in [-0.4, -0.2) is 12.6 Å². The number of carbonyl (C=O) groups is 1. The fourth-order valence-electron chi connectivity index (χ4n) is 1.13. The predicted octanol–water partition coefficient (Wildman–Crippen LogP) is 2.98. The first kappa shape index (κ1) is 11.6. The Morgan fingerprint density at radius 3 is 2.67 bits per heavy atom. The van der Waals surface area contributed by atoms with Gasteiger partial charge in [0.15, 0.2) is 0 Å². The molecule has 0 N–H and O–H groups in total. The van der Waals surface area contributed by atoms with E-state index in [1.807, 2.05) is 0 Å². The third-order valence-corrected chi connectivity index (χ3v) is 1.88. The molecule has 2 nitrogen and oxygen atoms in total. The Morgan fingerprint density at radius 1 is 1.47 bits per heavy atom. The minimum absolute atomic E-state index is 0.149. The number of hydrogen-bond acceptors (Lipinski definition) is 2. The summed E-state index contributed by atoms with van der Waals surface area (Å²) in [6, 6.07) is 5.30. The summed E-state index contributed by atoms with van der Waals surface area (Å²) in [5, 5.41) is 0. The van der Waals surface area contributed by atoms with Crippen molar-refractivity contribution in [2.75, 3.05) is 6.61 Å². The topological polar surface area (TPSA) is 26.3 Å². The molecule has 0 heterocycles. The van der Waals surface area contributed by atoms with Crippen molar-refractivity contribution in [3.05, 3.63) is 35.4 Å². The van der Waals surface area contributed by atoms with Gasteiger partial charge in [0.2, 0.25) is 0 Å². The number of carbonyl (C=O) groups excluding carboxylic acids is 1. The summed E-state index contributed by atoms with van der Waals surface area (Å²) in [6.07, 6.45) is 0. The van der Waals surface area contributed by atoms with E-state index in [0.29, 0.717) is 0 Å². The molecule has 0 fully saturated rings. The molecule has 0 atom stereocenters. The number of alkyl halides is 2. The summed E-state index contributed by atoms with van der Waals surface area (Å²) in [5.74, 6) is -3.52. The van der Waals surface area contributed by atoms with E-state index >= 15 is 0 Å². The maximum atomic E-state index is 12.9. The molecular formula is C11H12F2O2. The van der Waals surface area contributed by atoms with Gasteiger partial charge in [-0.05, 0) is 19.1 Å². The molecule has 15 heavy (non-hydrogen) atoms. The molecule has 82 valence electrons. The number of benzene rings is 1. The van der Waals surface area contributed by atoms with Gasteiger partial charge in [-0.1, -0.05) is 12.1 Å². The van der Waals surface area contributed by atoms with Crippen LogP contribution in [0.2, 0.25) is 0 Å². The predicted molar refractivity (Wildman–Crippen MR) is 52.0 cm³/mol. The normalized spacial score (nSPS) is 11.2. The van der Waals surface area contributed by atoms with Gasteiger partial charge in [0.05, 0.1) is 12.2 Å². The standard InChI is InChI=1S/C11H12F2O2/c1-3-15-10(14)8-5-4-6-9(7-8)11(2,12)13/h4-7H,3H2,1-2H3. The highest BCUT2D eigenvalue weighted by Crippen LogP contribution is 2.27. The van der Waals surface area contributed by atoms with Crippen molar-refractivity contribution in [3.8, 4) is 0 Å². The Hall–Kier alpha value is -1.45. The Bertz CT molecular complexity index is 356. The number of ether oxygens (including phenoxy) is 1. The molecule has 0 aliphatic heterocycles. The zero-order valence-corrected chi connectivity index (χ0v) is 8.59. The van der Waals surface area contributed by atoms with Crippen molar-refractivity contribution >= 4 is 5.97 Å². The van der Waals surface area contributed by atoms with Crippen molar-refractivity contribution < 1.29 is 18.3 Å². The Balaban J connectivity index is 2.98. The number of rotatable bonds is 3. The Labute approximate surface area is 86.9 Å². The SMILES string of the molecule is CCOC(=O)c1cccc(C(C)(F)F)c1. The van der Waals surface area contributed by atoms with Crippen LogP contribution in [0.1, 0.15) is 29.8 Å². The van der Waals surface area contributed by atoms with Crippen LogP contribution < -0.4 is 0 Å². The van der Waals surface area contributed by atoms with E-state index in [-0.39, 0.29) is 17.7 Å². The van der Waals surface area contributed by atoms with Gasteiger partial charge in [0, 0.05) is 12.5 Å². The minimum Gasteiger partial charge on any atom is -0.462 e. The highest BCUT2D eigenvalue weighted by molar-refractivity contribution is 5.89. The second-order valence-corrected chi connectivity index (χ2v) is 3.19. The first-order valence-electron chi connectivity index (χ1n) is 4.60. The summed E-state index contributed by atoms with van der Waals surface area (Å²) < 4.78 is 30.6. The van der Waals surface area contributed by atoms with Crippen LogP contribution in [0.25, 0.3) is 0 Å². The molecule has 0 aliphatic carbocycles. The molecule has 1 aromatic rings. The van der Waals surface area contributed by atoms with E-state index < -0.39 is 11.9 Å². The van der Waals surface area contributed by atoms with Crippen molar-refractivity contribution in [2.24, 2.45) is 0 Å². The lowest BCUT2D eigenvalue weighted by atomic mass is 10.1. The van der Waals surface area contributed by atoms with E-state index in [4.69, 9.17) is 4.74 Å². The number of halogens is 2. The highest BCUT2D eigenvalue weighted by Gasteiger charge is 2.25. The monoisotopic (exact) mass is 214 g/mol. The second-order valence-electron chi connectivity index (χ2n) is 3.19. The molecule has 1 rings (SSSR count). The lowest BCUT2D eigenvalue weighted by Gasteiger charge is -2.11. The summed E-state index contributed by atoms with van der Waals surface area (Å²) in [7, 11) is 0. The van der Waals surface area contributed by atoms with Gasteiger partial charge in [-0.15, -0.1) is 0 Å². The lowest BCUT2D eigenvalue weighted by Crippen LogP contribution is -2.10. The summed E-state index contributed by atoms with van der Waals surface area (Å²) in [6.45, 7) is 2.68. The summed E-state index contributed by atoms with van der Waals surface area (Å²) >= 11 is 0. The van der Waals surface area contributed by atoms with Crippen LogP contribution in [0.3, 0.4) is 0 Å². The van der Waals surface area contributed by atoms with Crippen molar-refractivity contribution in [1.82, 2.24) is 0 Å². The van der Waals surface area contributed by atoms with Crippen LogP contribution in [0, 0.1) is 0 Å². The largest absolute Gasteiger partial charge is 0.462 e. The fraction of sp³-hybridized carbons (Fsp3) is 0.364. The maximum Gasteiger partial charge on any atom is 0.338 e. The molecule has 0 saturated heterocycles. The number of esters is 1. The molecular weight excluding hydrogens is 202 g/mol. The molecule has 0 aromatic heterocycles. The third kappa shape index (κ3) is 3.01. The molecule has 1 aromatic carbocycles. The van der Waals surface area contributed by atoms with Crippen LogP contribution in [0.15, 0.2) is 24.3 Å². The maximum absolute atomic E-state index is 12.9. The Kier molecular flexibility index (Phi) is 3.39. The zero-order valence-electron chi connectivity index (χ0n) is 8.59. The van der Waals surface area contributed by atoms with Crippen LogP contribution in [0.4, 0.5) is 8.78 Å². The van der Waals surface area contributed by atoms with Crippen LogP contribution >= 0.6 is 0 Å².